The summed E-state index contributed by atoms with van der Waals surface area (Å²) in [7, 11) is 0. The van der Waals surface area contributed by atoms with Crippen LogP contribution in [0.25, 0.3) is 6.08 Å². The summed E-state index contributed by atoms with van der Waals surface area (Å²) in [6.45, 7) is 0.545. The highest BCUT2D eigenvalue weighted by Crippen LogP contribution is 2.32. The van der Waals surface area contributed by atoms with Crippen molar-refractivity contribution in [2.24, 2.45) is 5.10 Å². The van der Waals surface area contributed by atoms with Crippen molar-refractivity contribution in [2.75, 3.05) is 13.1 Å². The van der Waals surface area contributed by atoms with Crippen LogP contribution >= 0.6 is 0 Å². The van der Waals surface area contributed by atoms with Gasteiger partial charge in [-0.15, -0.1) is 0 Å². The lowest BCUT2D eigenvalue weighted by atomic mass is 10.0. The van der Waals surface area contributed by atoms with Gasteiger partial charge in [0.25, 0.3) is 0 Å². The number of pyridine rings is 1. The highest BCUT2D eigenvalue weighted by atomic mass is 19.1. The molecule has 6 nitrogen and oxygen atoms in total. The monoisotopic (exact) mass is 397 g/mol. The minimum absolute atomic E-state index is 0.0122. The van der Waals surface area contributed by atoms with Crippen LogP contribution in [0.5, 0.6) is 0 Å². The molecular formula is C20H14F3N5O. The quantitative estimate of drug-likeness (QED) is 0.727. The molecule has 1 saturated heterocycles. The van der Waals surface area contributed by atoms with Crippen LogP contribution < -0.4 is 0 Å². The number of halogens is 3. The predicted octanol–water partition coefficient (Wildman–Crippen LogP) is 3.62. The highest BCUT2D eigenvalue weighted by Gasteiger charge is 2.35. The summed E-state index contributed by atoms with van der Waals surface area (Å²) in [4.78, 5) is 17.8. The van der Waals surface area contributed by atoms with Gasteiger partial charge in [-0.3, -0.25) is 0 Å². The zero-order valence-corrected chi connectivity index (χ0v) is 15.0. The molecule has 3 heterocycles. The Hall–Kier alpha value is -3.67. The molecule has 1 fully saturated rings. The summed E-state index contributed by atoms with van der Waals surface area (Å²) in [5, 5.41) is 14.0. The van der Waals surface area contributed by atoms with Gasteiger partial charge in [0.1, 0.15) is 23.4 Å². The predicted molar refractivity (Wildman–Crippen MR) is 97.9 cm³/mol. The fourth-order valence-electron chi connectivity index (χ4n) is 3.29. The Morgan fingerprint density at radius 3 is 2.55 bits per heavy atom. The molecule has 1 atom stereocenters. The van der Waals surface area contributed by atoms with Crippen molar-refractivity contribution in [3.8, 4) is 6.07 Å². The third kappa shape index (κ3) is 3.69. The molecule has 0 unspecified atom stereocenters. The topological polar surface area (TPSA) is 72.6 Å². The summed E-state index contributed by atoms with van der Waals surface area (Å²) < 4.78 is 40.9. The van der Waals surface area contributed by atoms with E-state index in [9.17, 15) is 18.0 Å². The number of carbonyl (C=O) groups is 1. The van der Waals surface area contributed by atoms with Crippen molar-refractivity contribution in [3.63, 3.8) is 0 Å². The van der Waals surface area contributed by atoms with E-state index in [1.54, 1.807) is 12.1 Å². The van der Waals surface area contributed by atoms with E-state index in [2.05, 4.69) is 10.1 Å². The number of carbonyl (C=O) groups excluding carboxylic acids is 1. The van der Waals surface area contributed by atoms with Crippen LogP contribution in [0.2, 0.25) is 0 Å². The molecule has 0 bridgehead atoms. The van der Waals surface area contributed by atoms with Crippen molar-refractivity contribution >= 4 is 18.3 Å². The first kappa shape index (κ1) is 18.7. The van der Waals surface area contributed by atoms with Gasteiger partial charge in [-0.25, -0.2) is 23.6 Å². The van der Waals surface area contributed by atoms with Crippen molar-refractivity contribution in [3.05, 3.63) is 70.3 Å². The third-order valence-electron chi connectivity index (χ3n) is 4.71. The fraction of sp³-hybridized carbons (Fsp3) is 0.200. The molecule has 1 aromatic carbocycles. The second-order valence-corrected chi connectivity index (χ2v) is 6.73. The Morgan fingerprint density at radius 1 is 1.17 bits per heavy atom. The Kier molecular flexibility index (Phi) is 4.76. The number of aromatic nitrogens is 1. The lowest BCUT2D eigenvalue weighted by Crippen LogP contribution is -2.49. The first-order chi connectivity index (χ1) is 13.9. The zero-order valence-electron chi connectivity index (χ0n) is 15.0. The molecule has 2 aliphatic rings. The number of nitriles is 1. The molecule has 4 rings (SSSR count). The molecule has 9 heteroatoms. The molecule has 29 heavy (non-hydrogen) atoms. The van der Waals surface area contributed by atoms with Gasteiger partial charge in [-0.2, -0.15) is 14.8 Å². The number of nitrogens with zero attached hydrogens (tertiary/aromatic N) is 5. The normalized spacial score (nSPS) is 17.9. The van der Waals surface area contributed by atoms with Crippen molar-refractivity contribution in [1.82, 2.24) is 14.9 Å². The third-order valence-corrected chi connectivity index (χ3v) is 4.71. The van der Waals surface area contributed by atoms with E-state index in [1.165, 1.54) is 40.4 Å². The molecule has 0 radical (unpaired) electrons. The molecule has 0 aliphatic carbocycles. The summed E-state index contributed by atoms with van der Waals surface area (Å²) in [5.41, 5.74) is 1.36. The van der Waals surface area contributed by atoms with Crippen LogP contribution in [0.1, 0.15) is 29.3 Å². The van der Waals surface area contributed by atoms with Crippen LogP contribution in [-0.2, 0) is 0 Å². The fourth-order valence-corrected chi connectivity index (χ4v) is 3.29. The summed E-state index contributed by atoms with van der Waals surface area (Å²) in [6, 6.07) is 6.80. The number of amides is 2. The van der Waals surface area contributed by atoms with Gasteiger partial charge in [0, 0.05) is 37.4 Å². The Labute approximate surface area is 164 Å². The van der Waals surface area contributed by atoms with E-state index in [0.717, 1.165) is 11.6 Å². The summed E-state index contributed by atoms with van der Waals surface area (Å²) >= 11 is 0. The van der Waals surface area contributed by atoms with Crippen molar-refractivity contribution in [2.45, 2.75) is 12.5 Å². The number of benzene rings is 1. The second-order valence-electron chi connectivity index (χ2n) is 6.73. The SMILES string of the molecule is N#Cc1ccc(C=C2CN(C(=O)N3N=CC[C@H]3c3cc(F)cc(F)c3)C2)c(F)n1. The van der Waals surface area contributed by atoms with E-state index in [1.807, 2.05) is 0 Å². The zero-order chi connectivity index (χ0) is 20.5. The van der Waals surface area contributed by atoms with E-state index >= 15 is 0 Å². The lowest BCUT2D eigenvalue weighted by molar-refractivity contribution is 0.136. The van der Waals surface area contributed by atoms with Crippen molar-refractivity contribution < 1.29 is 18.0 Å². The highest BCUT2D eigenvalue weighted by molar-refractivity contribution is 5.80. The van der Waals surface area contributed by atoms with E-state index < -0.39 is 29.7 Å². The van der Waals surface area contributed by atoms with Gasteiger partial charge < -0.3 is 4.90 Å². The average molecular weight is 397 g/mol. The standard InChI is InChI=1S/C20H14F3N5O/c21-15-6-14(7-16(22)8-15)18-3-4-25-28(18)20(29)27-10-12(11-27)5-13-1-2-17(9-24)26-19(13)23/h1-2,4-8,18H,3,10-11H2/t18-/m0/s1. The van der Waals surface area contributed by atoms with E-state index in [-0.39, 0.29) is 24.3 Å². The first-order valence-electron chi connectivity index (χ1n) is 8.77. The van der Waals surface area contributed by atoms with Crippen LogP contribution in [0.15, 0.2) is 41.0 Å². The molecular weight excluding hydrogens is 383 g/mol. The second kappa shape index (κ2) is 7.39. The smallest absolute Gasteiger partial charge is 0.315 e. The van der Waals surface area contributed by atoms with E-state index in [4.69, 9.17) is 5.26 Å². The molecule has 0 saturated carbocycles. The van der Waals surface area contributed by atoms with Crippen LogP contribution in [-0.4, -0.2) is 40.2 Å². The summed E-state index contributed by atoms with van der Waals surface area (Å²) in [6.07, 6.45) is 3.47. The average Bonchev–Trinajstić information content (AvgIpc) is 3.14. The number of hydrazone groups is 1. The van der Waals surface area contributed by atoms with Gasteiger partial charge in [-0.05, 0) is 41.5 Å². The number of hydrogen-bond acceptors (Lipinski definition) is 4. The number of rotatable bonds is 2. The molecule has 1 aromatic heterocycles. The Balaban J connectivity index is 1.45. The largest absolute Gasteiger partial charge is 0.341 e. The number of hydrogen-bond donors (Lipinski definition) is 0. The van der Waals surface area contributed by atoms with Gasteiger partial charge >= 0.3 is 6.03 Å². The molecule has 0 N–H and O–H groups in total. The number of likely N-dealkylation sites (tertiary alicyclic amines) is 1. The Morgan fingerprint density at radius 2 is 1.90 bits per heavy atom. The maximum absolute atomic E-state index is 13.9. The Bertz CT molecular complexity index is 1060. The van der Waals surface area contributed by atoms with Gasteiger partial charge in [-0.1, -0.05) is 0 Å². The maximum Gasteiger partial charge on any atom is 0.341 e. The number of urea groups is 1. The molecule has 2 aliphatic heterocycles. The molecule has 0 spiro atoms. The van der Waals surface area contributed by atoms with Crippen molar-refractivity contribution in [1.29, 1.82) is 5.26 Å². The lowest BCUT2D eigenvalue weighted by Gasteiger charge is -2.37. The van der Waals surface area contributed by atoms with Gasteiger partial charge in [0.15, 0.2) is 0 Å². The van der Waals surface area contributed by atoms with Gasteiger partial charge in [0.2, 0.25) is 5.95 Å². The molecule has 146 valence electrons. The molecule has 2 aromatic rings. The maximum atomic E-state index is 13.9. The van der Waals surface area contributed by atoms with Crippen LogP contribution in [0.4, 0.5) is 18.0 Å². The van der Waals surface area contributed by atoms with E-state index in [0.29, 0.717) is 12.0 Å². The van der Waals surface area contributed by atoms with Gasteiger partial charge in [0.05, 0.1) is 6.04 Å². The first-order valence-corrected chi connectivity index (χ1v) is 8.77. The van der Waals surface area contributed by atoms with Crippen LogP contribution in [0, 0.1) is 28.9 Å². The summed E-state index contributed by atoms with van der Waals surface area (Å²) in [5.74, 6) is -2.18. The molecule has 2 amide bonds. The minimum Gasteiger partial charge on any atom is -0.315 e. The minimum atomic E-state index is -0.751. The van der Waals surface area contributed by atoms with Crippen LogP contribution in [0.3, 0.4) is 0 Å².